The molecule has 1 aromatic carbocycles. The Balaban J connectivity index is 2.84. The minimum Gasteiger partial charge on any atom is -0.324 e. The molecule has 1 atom stereocenters. The molecule has 0 heterocycles. The number of sulfonamides is 1. The summed E-state index contributed by atoms with van der Waals surface area (Å²) in [7, 11) is -3.45. The van der Waals surface area contributed by atoms with Crippen molar-refractivity contribution in [2.75, 3.05) is 17.4 Å². The van der Waals surface area contributed by atoms with Crippen LogP contribution >= 0.6 is 11.8 Å². The number of hydrazine groups is 1. The van der Waals surface area contributed by atoms with Crippen LogP contribution < -0.4 is 16.0 Å². The summed E-state index contributed by atoms with van der Waals surface area (Å²) in [5.74, 6) is 6.00. The third kappa shape index (κ3) is 4.16. The molecule has 0 fully saturated rings. The van der Waals surface area contributed by atoms with Crippen molar-refractivity contribution in [2.45, 2.75) is 24.3 Å². The summed E-state index contributed by atoms with van der Waals surface area (Å²) in [6.07, 6.45) is 2.72. The lowest BCUT2D eigenvalue weighted by Crippen LogP contribution is -2.36. The molecular formula is C11H19N3O2S2. The van der Waals surface area contributed by atoms with Crippen LogP contribution in [-0.2, 0) is 10.0 Å². The molecule has 7 heteroatoms. The van der Waals surface area contributed by atoms with E-state index in [1.165, 1.54) is 12.1 Å². The largest absolute Gasteiger partial charge is 0.324 e. The summed E-state index contributed by atoms with van der Waals surface area (Å²) in [5.41, 5.74) is 3.13. The maximum atomic E-state index is 12.1. The first-order valence-corrected chi connectivity index (χ1v) is 8.49. The Labute approximate surface area is 113 Å². The molecule has 0 aromatic heterocycles. The van der Waals surface area contributed by atoms with Gasteiger partial charge in [0.1, 0.15) is 0 Å². The molecule has 0 bridgehead atoms. The van der Waals surface area contributed by atoms with E-state index >= 15 is 0 Å². The van der Waals surface area contributed by atoms with E-state index in [-0.39, 0.29) is 10.9 Å². The lowest BCUT2D eigenvalue weighted by molar-refractivity contribution is 0.558. The van der Waals surface area contributed by atoms with Gasteiger partial charge in [0.25, 0.3) is 0 Å². The molecule has 1 unspecified atom stereocenters. The normalized spacial score (nSPS) is 13.3. The van der Waals surface area contributed by atoms with Gasteiger partial charge >= 0.3 is 0 Å². The Morgan fingerprint density at radius 3 is 2.39 bits per heavy atom. The lowest BCUT2D eigenvalue weighted by Gasteiger charge is -2.16. The van der Waals surface area contributed by atoms with Crippen LogP contribution in [0.3, 0.4) is 0 Å². The second-order valence-corrected chi connectivity index (χ2v) is 6.48. The minimum absolute atomic E-state index is 0.0442. The van der Waals surface area contributed by atoms with Crippen molar-refractivity contribution in [1.29, 1.82) is 0 Å². The molecule has 0 saturated carbocycles. The average Bonchev–Trinajstić information content (AvgIpc) is 2.38. The van der Waals surface area contributed by atoms with E-state index in [0.29, 0.717) is 5.69 Å². The topological polar surface area (TPSA) is 84.2 Å². The summed E-state index contributed by atoms with van der Waals surface area (Å²) in [6, 6.07) is 6.28. The van der Waals surface area contributed by atoms with Gasteiger partial charge in [-0.15, -0.1) is 0 Å². The Kier molecular flexibility index (Phi) is 5.94. The third-order valence-electron chi connectivity index (χ3n) is 2.51. The fourth-order valence-corrected chi connectivity index (χ4v) is 3.60. The summed E-state index contributed by atoms with van der Waals surface area (Å²) in [4.78, 5) is 0.251. The van der Waals surface area contributed by atoms with Gasteiger partial charge in [-0.2, -0.15) is 11.8 Å². The molecular weight excluding hydrogens is 270 g/mol. The van der Waals surface area contributed by atoms with Crippen LogP contribution in [0.4, 0.5) is 5.69 Å². The van der Waals surface area contributed by atoms with Crippen molar-refractivity contribution in [3.63, 3.8) is 0 Å². The number of anilines is 1. The third-order valence-corrected chi connectivity index (χ3v) is 4.79. The van der Waals surface area contributed by atoms with Gasteiger partial charge in [0.15, 0.2) is 0 Å². The maximum absolute atomic E-state index is 12.1. The predicted molar refractivity (Wildman–Crippen MR) is 77.0 cm³/mol. The van der Waals surface area contributed by atoms with Crippen LogP contribution in [0.2, 0.25) is 0 Å². The number of hydrogen-bond donors (Lipinski definition) is 3. The number of benzene rings is 1. The molecule has 0 saturated heterocycles. The van der Waals surface area contributed by atoms with E-state index < -0.39 is 10.0 Å². The van der Waals surface area contributed by atoms with Crippen LogP contribution in [-0.4, -0.2) is 26.5 Å². The van der Waals surface area contributed by atoms with E-state index in [0.717, 1.165) is 12.2 Å². The fraction of sp³-hybridized carbons (Fsp3) is 0.455. The molecule has 0 spiro atoms. The van der Waals surface area contributed by atoms with Gasteiger partial charge in [-0.05, 0) is 36.9 Å². The van der Waals surface area contributed by atoms with Crippen LogP contribution in [0.25, 0.3) is 0 Å². The van der Waals surface area contributed by atoms with Crippen molar-refractivity contribution in [1.82, 2.24) is 4.72 Å². The highest BCUT2D eigenvalue weighted by Gasteiger charge is 2.18. The summed E-state index contributed by atoms with van der Waals surface area (Å²) >= 11 is 1.62. The molecule has 5 nitrogen and oxygen atoms in total. The SMILES string of the molecule is CCC(CSC)NS(=O)(=O)c1ccc(NN)cc1. The van der Waals surface area contributed by atoms with Gasteiger partial charge in [-0.1, -0.05) is 6.92 Å². The second-order valence-electron chi connectivity index (χ2n) is 3.85. The van der Waals surface area contributed by atoms with Gasteiger partial charge in [-0.25, -0.2) is 13.1 Å². The van der Waals surface area contributed by atoms with E-state index in [2.05, 4.69) is 10.1 Å². The molecule has 0 aliphatic rings. The number of nitrogens with one attached hydrogen (secondary N) is 2. The van der Waals surface area contributed by atoms with Crippen LogP contribution in [0.5, 0.6) is 0 Å². The number of rotatable bonds is 7. The monoisotopic (exact) mass is 289 g/mol. The van der Waals surface area contributed by atoms with E-state index in [9.17, 15) is 8.42 Å². The molecule has 0 aliphatic carbocycles. The molecule has 1 aromatic rings. The highest BCUT2D eigenvalue weighted by Crippen LogP contribution is 2.14. The number of nitrogens with two attached hydrogens (primary N) is 1. The van der Waals surface area contributed by atoms with Crippen molar-refractivity contribution < 1.29 is 8.42 Å². The molecule has 4 N–H and O–H groups in total. The zero-order valence-electron chi connectivity index (χ0n) is 10.5. The fourth-order valence-electron chi connectivity index (χ4n) is 1.45. The molecule has 18 heavy (non-hydrogen) atoms. The van der Waals surface area contributed by atoms with Gasteiger partial charge in [0, 0.05) is 17.5 Å². The van der Waals surface area contributed by atoms with Crippen molar-refractivity contribution in [3.05, 3.63) is 24.3 Å². The molecule has 102 valence electrons. The van der Waals surface area contributed by atoms with Gasteiger partial charge in [0.2, 0.25) is 10.0 Å². The summed E-state index contributed by atoms with van der Waals surface area (Å²) < 4.78 is 26.9. The number of hydrogen-bond acceptors (Lipinski definition) is 5. The maximum Gasteiger partial charge on any atom is 0.240 e. The summed E-state index contributed by atoms with van der Waals surface area (Å²) in [6.45, 7) is 1.96. The van der Waals surface area contributed by atoms with Crippen LogP contribution in [0, 0.1) is 0 Å². The zero-order chi connectivity index (χ0) is 13.6. The van der Waals surface area contributed by atoms with E-state index in [1.54, 1.807) is 23.9 Å². The zero-order valence-corrected chi connectivity index (χ0v) is 12.1. The molecule has 0 radical (unpaired) electrons. The van der Waals surface area contributed by atoms with E-state index in [1.807, 2.05) is 13.2 Å². The quantitative estimate of drug-likeness (QED) is 0.522. The van der Waals surface area contributed by atoms with Crippen molar-refractivity contribution in [2.24, 2.45) is 5.84 Å². The average molecular weight is 289 g/mol. The Bertz CT molecular complexity index is 460. The van der Waals surface area contributed by atoms with Gasteiger partial charge in [0.05, 0.1) is 4.90 Å². The Morgan fingerprint density at radius 2 is 1.94 bits per heavy atom. The number of nitrogen functional groups attached to an aromatic ring is 1. The molecule has 0 amide bonds. The predicted octanol–water partition coefficient (Wildman–Crippen LogP) is 1.39. The van der Waals surface area contributed by atoms with Crippen LogP contribution in [0.15, 0.2) is 29.2 Å². The van der Waals surface area contributed by atoms with E-state index in [4.69, 9.17) is 5.84 Å². The Hall–Kier alpha value is -0.760. The smallest absolute Gasteiger partial charge is 0.240 e. The molecule has 0 aliphatic heterocycles. The van der Waals surface area contributed by atoms with Crippen molar-refractivity contribution in [3.8, 4) is 0 Å². The first kappa shape index (κ1) is 15.3. The van der Waals surface area contributed by atoms with Gasteiger partial charge < -0.3 is 5.43 Å². The standard InChI is InChI=1S/C11H19N3O2S2/c1-3-9(8-17-2)14-18(15,16)11-6-4-10(13-12)5-7-11/h4-7,9,13-14H,3,8,12H2,1-2H3. The minimum atomic E-state index is -3.45. The van der Waals surface area contributed by atoms with Crippen molar-refractivity contribution >= 4 is 27.5 Å². The van der Waals surface area contributed by atoms with Crippen LogP contribution in [0.1, 0.15) is 13.3 Å². The summed E-state index contributed by atoms with van der Waals surface area (Å²) in [5, 5.41) is 0. The van der Waals surface area contributed by atoms with Gasteiger partial charge in [-0.3, -0.25) is 5.84 Å². The lowest BCUT2D eigenvalue weighted by atomic mass is 10.3. The highest BCUT2D eigenvalue weighted by atomic mass is 32.2. The number of thioether (sulfide) groups is 1. The first-order chi connectivity index (χ1) is 8.53. The first-order valence-electron chi connectivity index (χ1n) is 5.61. The highest BCUT2D eigenvalue weighted by molar-refractivity contribution is 7.98. The Morgan fingerprint density at radius 1 is 1.33 bits per heavy atom. The molecule has 1 rings (SSSR count). The second kappa shape index (κ2) is 6.98.